The molecule has 2 aromatic heterocycles. The molecule has 0 saturated carbocycles. The molecule has 0 spiro atoms. The molecule has 0 atom stereocenters. The van der Waals surface area contributed by atoms with E-state index in [1.807, 2.05) is 40.7 Å². The first-order valence-electron chi connectivity index (χ1n) is 6.36. The summed E-state index contributed by atoms with van der Waals surface area (Å²) in [5.74, 6) is 0. The molecular weight excluding hydrogens is 256 g/mol. The molecule has 0 aliphatic rings. The SMILES string of the molecule is Cn1nccc1CCn1ccc2cccc([N+](=O)[O-])c21. The van der Waals surface area contributed by atoms with Crippen molar-refractivity contribution in [3.05, 3.63) is 58.5 Å². The summed E-state index contributed by atoms with van der Waals surface area (Å²) >= 11 is 0. The van der Waals surface area contributed by atoms with Crippen LogP contribution in [0.5, 0.6) is 0 Å². The number of fused-ring (bicyclic) bond motifs is 1. The Morgan fingerprint density at radius 2 is 2.15 bits per heavy atom. The minimum atomic E-state index is -0.330. The molecule has 3 rings (SSSR count). The summed E-state index contributed by atoms with van der Waals surface area (Å²) in [4.78, 5) is 10.8. The number of hydrogen-bond donors (Lipinski definition) is 0. The van der Waals surface area contributed by atoms with E-state index in [2.05, 4.69) is 5.10 Å². The lowest BCUT2D eigenvalue weighted by Crippen LogP contribution is -2.05. The van der Waals surface area contributed by atoms with Crippen LogP contribution >= 0.6 is 0 Å². The van der Waals surface area contributed by atoms with Crippen LogP contribution in [0.1, 0.15) is 5.69 Å². The average molecular weight is 270 g/mol. The molecule has 0 bridgehead atoms. The molecule has 0 unspecified atom stereocenters. The van der Waals surface area contributed by atoms with Crippen LogP contribution in [0, 0.1) is 10.1 Å². The number of nitro groups is 1. The zero-order valence-electron chi connectivity index (χ0n) is 11.1. The van der Waals surface area contributed by atoms with Crippen LogP contribution in [0.4, 0.5) is 5.69 Å². The Bertz CT molecular complexity index is 772. The highest BCUT2D eigenvalue weighted by atomic mass is 16.6. The molecule has 6 heteroatoms. The van der Waals surface area contributed by atoms with Crippen molar-refractivity contribution < 1.29 is 4.92 Å². The maximum absolute atomic E-state index is 11.1. The number of aryl methyl sites for hydroxylation is 3. The minimum Gasteiger partial charge on any atom is -0.342 e. The third-order valence-electron chi connectivity index (χ3n) is 3.50. The van der Waals surface area contributed by atoms with E-state index in [0.717, 1.165) is 17.5 Å². The van der Waals surface area contributed by atoms with Crippen molar-refractivity contribution in [3.63, 3.8) is 0 Å². The second-order valence-electron chi connectivity index (χ2n) is 4.68. The van der Waals surface area contributed by atoms with Crippen LogP contribution in [0.3, 0.4) is 0 Å². The fourth-order valence-corrected chi connectivity index (χ4v) is 2.46. The van der Waals surface area contributed by atoms with Gasteiger partial charge in [-0.3, -0.25) is 14.8 Å². The third kappa shape index (κ3) is 2.05. The lowest BCUT2D eigenvalue weighted by molar-refractivity contribution is -0.383. The second kappa shape index (κ2) is 4.80. The summed E-state index contributed by atoms with van der Waals surface area (Å²) in [7, 11) is 1.89. The molecular formula is C14H14N4O2. The van der Waals surface area contributed by atoms with E-state index in [4.69, 9.17) is 0 Å². The average Bonchev–Trinajstić information content (AvgIpc) is 3.02. The van der Waals surface area contributed by atoms with Gasteiger partial charge in [-0.05, 0) is 12.1 Å². The first-order chi connectivity index (χ1) is 9.66. The smallest absolute Gasteiger partial charge is 0.293 e. The van der Waals surface area contributed by atoms with Gasteiger partial charge in [0.05, 0.1) is 4.92 Å². The van der Waals surface area contributed by atoms with Gasteiger partial charge in [0.25, 0.3) is 5.69 Å². The molecule has 0 N–H and O–H groups in total. The van der Waals surface area contributed by atoms with E-state index in [9.17, 15) is 10.1 Å². The number of nitro benzene ring substituents is 1. The molecule has 0 fully saturated rings. The molecule has 0 saturated heterocycles. The summed E-state index contributed by atoms with van der Waals surface area (Å²) < 4.78 is 3.75. The van der Waals surface area contributed by atoms with E-state index in [0.29, 0.717) is 12.1 Å². The summed E-state index contributed by atoms with van der Waals surface area (Å²) in [5.41, 5.74) is 1.93. The van der Waals surface area contributed by atoms with Crippen molar-refractivity contribution in [2.45, 2.75) is 13.0 Å². The molecule has 0 aliphatic carbocycles. The number of para-hydroxylation sites is 1. The maximum atomic E-state index is 11.1. The first-order valence-corrected chi connectivity index (χ1v) is 6.36. The summed E-state index contributed by atoms with van der Waals surface area (Å²) in [6, 6.07) is 9.02. The van der Waals surface area contributed by atoms with E-state index in [1.54, 1.807) is 18.3 Å². The molecule has 0 aliphatic heterocycles. The van der Waals surface area contributed by atoms with Gasteiger partial charge in [-0.25, -0.2) is 0 Å². The normalized spacial score (nSPS) is 11.1. The van der Waals surface area contributed by atoms with Gasteiger partial charge in [0.2, 0.25) is 0 Å². The van der Waals surface area contributed by atoms with Gasteiger partial charge >= 0.3 is 0 Å². The van der Waals surface area contributed by atoms with Crippen LogP contribution in [-0.2, 0) is 20.0 Å². The Hall–Kier alpha value is -2.63. The van der Waals surface area contributed by atoms with Gasteiger partial charge in [0.1, 0.15) is 5.52 Å². The third-order valence-corrected chi connectivity index (χ3v) is 3.50. The Morgan fingerprint density at radius 3 is 2.85 bits per heavy atom. The molecule has 6 nitrogen and oxygen atoms in total. The van der Waals surface area contributed by atoms with Gasteiger partial charge in [0.15, 0.2) is 0 Å². The van der Waals surface area contributed by atoms with E-state index < -0.39 is 0 Å². The van der Waals surface area contributed by atoms with Gasteiger partial charge in [-0.15, -0.1) is 0 Å². The van der Waals surface area contributed by atoms with E-state index in [1.165, 1.54) is 0 Å². The number of non-ortho nitro benzene ring substituents is 1. The van der Waals surface area contributed by atoms with E-state index >= 15 is 0 Å². The zero-order chi connectivity index (χ0) is 14.1. The lowest BCUT2D eigenvalue weighted by Gasteiger charge is -2.06. The summed E-state index contributed by atoms with van der Waals surface area (Å²) in [5, 5.41) is 16.1. The van der Waals surface area contributed by atoms with Crippen LogP contribution in [-0.4, -0.2) is 19.3 Å². The number of aromatic nitrogens is 3. The van der Waals surface area contributed by atoms with Crippen molar-refractivity contribution in [1.82, 2.24) is 14.3 Å². The molecule has 3 aromatic rings. The van der Waals surface area contributed by atoms with Crippen molar-refractivity contribution in [1.29, 1.82) is 0 Å². The van der Waals surface area contributed by atoms with Gasteiger partial charge in [-0.2, -0.15) is 5.10 Å². The fourth-order valence-electron chi connectivity index (χ4n) is 2.46. The number of nitrogens with zero attached hydrogens (tertiary/aromatic N) is 4. The highest BCUT2D eigenvalue weighted by Gasteiger charge is 2.15. The first kappa shape index (κ1) is 12.4. The highest BCUT2D eigenvalue weighted by Crippen LogP contribution is 2.26. The predicted molar refractivity (Wildman–Crippen MR) is 75.5 cm³/mol. The fraction of sp³-hybridized carbons (Fsp3) is 0.214. The van der Waals surface area contributed by atoms with Crippen molar-refractivity contribution in [3.8, 4) is 0 Å². The molecule has 1 aromatic carbocycles. The predicted octanol–water partition coefficient (Wildman–Crippen LogP) is 2.53. The van der Waals surface area contributed by atoms with Crippen LogP contribution < -0.4 is 0 Å². The summed E-state index contributed by atoms with van der Waals surface area (Å²) in [6.07, 6.45) is 4.44. The summed E-state index contributed by atoms with van der Waals surface area (Å²) in [6.45, 7) is 0.688. The highest BCUT2D eigenvalue weighted by molar-refractivity contribution is 5.88. The quantitative estimate of drug-likeness (QED) is 0.540. The molecule has 102 valence electrons. The number of hydrogen-bond acceptors (Lipinski definition) is 3. The lowest BCUT2D eigenvalue weighted by atomic mass is 10.2. The van der Waals surface area contributed by atoms with Crippen LogP contribution in [0.25, 0.3) is 10.9 Å². The molecule has 0 amide bonds. The monoisotopic (exact) mass is 270 g/mol. The second-order valence-corrected chi connectivity index (χ2v) is 4.68. The Labute approximate surface area is 115 Å². The molecule has 2 heterocycles. The van der Waals surface area contributed by atoms with E-state index in [-0.39, 0.29) is 10.6 Å². The topological polar surface area (TPSA) is 65.9 Å². The number of benzene rings is 1. The Balaban J connectivity index is 1.96. The standard InChI is InChI=1S/C14H14N4O2/c1-16-12(5-8-15-16)7-10-17-9-6-11-3-2-4-13(14(11)17)18(19)20/h2-6,8-9H,7,10H2,1H3. The number of rotatable bonds is 4. The van der Waals surface area contributed by atoms with Crippen LogP contribution in [0.15, 0.2) is 42.7 Å². The zero-order valence-corrected chi connectivity index (χ0v) is 11.1. The Morgan fingerprint density at radius 1 is 1.30 bits per heavy atom. The van der Waals surface area contributed by atoms with Gasteiger partial charge in [-0.1, -0.05) is 12.1 Å². The van der Waals surface area contributed by atoms with Gasteiger partial charge in [0, 0.05) is 49.6 Å². The maximum Gasteiger partial charge on any atom is 0.293 e. The molecule has 0 radical (unpaired) electrons. The van der Waals surface area contributed by atoms with Crippen molar-refractivity contribution in [2.24, 2.45) is 7.05 Å². The largest absolute Gasteiger partial charge is 0.342 e. The van der Waals surface area contributed by atoms with Crippen LogP contribution in [0.2, 0.25) is 0 Å². The van der Waals surface area contributed by atoms with Crippen molar-refractivity contribution >= 4 is 16.6 Å². The van der Waals surface area contributed by atoms with Crippen molar-refractivity contribution in [2.75, 3.05) is 0 Å². The Kier molecular flexibility index (Phi) is 2.98. The van der Waals surface area contributed by atoms with Gasteiger partial charge < -0.3 is 4.57 Å². The minimum absolute atomic E-state index is 0.150. The molecule has 20 heavy (non-hydrogen) atoms.